The van der Waals surface area contributed by atoms with Gasteiger partial charge in [0.1, 0.15) is 29.6 Å². The van der Waals surface area contributed by atoms with Gasteiger partial charge in [0.2, 0.25) is 0 Å². The number of nitrogens with one attached hydrogen (secondary N) is 1. The van der Waals surface area contributed by atoms with Gasteiger partial charge in [-0.15, -0.1) is 0 Å². The number of hydrogen-bond acceptors (Lipinski definition) is 5. The van der Waals surface area contributed by atoms with E-state index >= 15 is 0 Å². The van der Waals surface area contributed by atoms with Crippen molar-refractivity contribution in [2.45, 2.75) is 20.5 Å². The number of amides is 1. The number of furan rings is 1. The van der Waals surface area contributed by atoms with Crippen LogP contribution in [-0.4, -0.2) is 20.8 Å². The number of halogens is 1. The minimum absolute atomic E-state index is 0.217. The van der Waals surface area contributed by atoms with Gasteiger partial charge < -0.3 is 14.5 Å². The number of nitrogens with zero attached hydrogens (tertiary/aromatic N) is 3. The highest BCUT2D eigenvalue weighted by molar-refractivity contribution is 7.80. The van der Waals surface area contributed by atoms with Crippen molar-refractivity contribution in [3.8, 4) is 5.75 Å². The fraction of sp³-hybridized carbons (Fsp3) is 0.190. The van der Waals surface area contributed by atoms with Gasteiger partial charge in [0.25, 0.3) is 5.91 Å². The van der Waals surface area contributed by atoms with E-state index < -0.39 is 0 Å². The molecule has 1 aromatic carbocycles. The number of aryl methyl sites for hydroxylation is 3. The van der Waals surface area contributed by atoms with Crippen molar-refractivity contribution in [3.05, 3.63) is 70.0 Å². The van der Waals surface area contributed by atoms with E-state index in [-0.39, 0.29) is 12.5 Å². The number of anilines is 1. The molecule has 154 valence electrons. The average molecular weight is 443 g/mol. The second-order valence-electron chi connectivity index (χ2n) is 6.88. The second kappa shape index (κ2) is 7.97. The van der Waals surface area contributed by atoms with Crippen LogP contribution in [0.3, 0.4) is 0 Å². The van der Waals surface area contributed by atoms with Crippen LogP contribution < -0.4 is 15.0 Å². The van der Waals surface area contributed by atoms with Crippen molar-refractivity contribution in [2.75, 3.05) is 4.90 Å². The van der Waals surface area contributed by atoms with Gasteiger partial charge in [0.15, 0.2) is 5.11 Å². The normalized spacial score (nSPS) is 15.2. The quantitative estimate of drug-likeness (QED) is 0.473. The first-order valence-electron chi connectivity index (χ1n) is 9.17. The summed E-state index contributed by atoms with van der Waals surface area (Å²) in [5.74, 6) is 1.47. The van der Waals surface area contributed by atoms with E-state index in [0.29, 0.717) is 44.5 Å². The molecule has 9 heteroatoms. The maximum absolute atomic E-state index is 12.9. The summed E-state index contributed by atoms with van der Waals surface area (Å²) in [5, 5.41) is 8.05. The van der Waals surface area contributed by atoms with Crippen LogP contribution in [0, 0.1) is 13.8 Å². The van der Waals surface area contributed by atoms with E-state index in [4.69, 9.17) is 33.0 Å². The fourth-order valence-electron chi connectivity index (χ4n) is 3.20. The molecular formula is C21H19ClN4O3S. The highest BCUT2D eigenvalue weighted by atomic mass is 35.5. The monoisotopic (exact) mass is 442 g/mol. The van der Waals surface area contributed by atoms with Gasteiger partial charge in [-0.1, -0.05) is 23.7 Å². The number of thiocarbonyl (C=S) groups is 1. The Balaban J connectivity index is 1.49. The third-order valence-electron chi connectivity index (χ3n) is 4.60. The molecule has 0 bridgehead atoms. The molecule has 1 N–H and O–H groups in total. The maximum atomic E-state index is 12.9. The van der Waals surface area contributed by atoms with E-state index in [1.165, 1.54) is 4.90 Å². The van der Waals surface area contributed by atoms with Crippen LogP contribution >= 0.6 is 23.8 Å². The lowest BCUT2D eigenvalue weighted by Crippen LogP contribution is -2.30. The van der Waals surface area contributed by atoms with Crippen LogP contribution in [0.4, 0.5) is 5.69 Å². The zero-order valence-electron chi connectivity index (χ0n) is 16.6. The van der Waals surface area contributed by atoms with E-state index in [1.54, 1.807) is 42.2 Å². The number of rotatable bonds is 5. The lowest BCUT2D eigenvalue weighted by atomic mass is 10.2. The number of carbonyl (C=O) groups excluding carboxylic acids is 1. The van der Waals surface area contributed by atoms with E-state index in [9.17, 15) is 4.79 Å². The molecule has 0 spiro atoms. The zero-order chi connectivity index (χ0) is 21.4. The van der Waals surface area contributed by atoms with Gasteiger partial charge in [0, 0.05) is 19.3 Å². The molecule has 1 amide bonds. The summed E-state index contributed by atoms with van der Waals surface area (Å²) < 4.78 is 13.2. The molecule has 3 aromatic rings. The van der Waals surface area contributed by atoms with Crippen molar-refractivity contribution in [3.63, 3.8) is 0 Å². The van der Waals surface area contributed by atoms with Crippen molar-refractivity contribution in [1.82, 2.24) is 15.1 Å². The first-order valence-corrected chi connectivity index (χ1v) is 9.96. The molecule has 30 heavy (non-hydrogen) atoms. The molecule has 1 aliphatic rings. The van der Waals surface area contributed by atoms with Crippen molar-refractivity contribution in [1.29, 1.82) is 0 Å². The lowest BCUT2D eigenvalue weighted by molar-refractivity contribution is -0.113. The van der Waals surface area contributed by atoms with Crippen molar-refractivity contribution < 1.29 is 13.9 Å². The largest absolute Gasteiger partial charge is 0.484 e. The molecule has 3 heterocycles. The number of para-hydroxylation sites is 1. The Morgan fingerprint density at radius 3 is 2.80 bits per heavy atom. The fourth-order valence-corrected chi connectivity index (χ4v) is 3.76. The minimum Gasteiger partial charge on any atom is -0.484 e. The molecule has 0 unspecified atom stereocenters. The first kappa shape index (κ1) is 20.2. The number of aromatic nitrogens is 2. The van der Waals surface area contributed by atoms with Crippen LogP contribution in [0.25, 0.3) is 6.08 Å². The van der Waals surface area contributed by atoms with Gasteiger partial charge >= 0.3 is 0 Å². The highest BCUT2D eigenvalue weighted by Gasteiger charge is 2.34. The molecule has 0 saturated carbocycles. The predicted octanol–water partition coefficient (Wildman–Crippen LogP) is 4.12. The van der Waals surface area contributed by atoms with Crippen LogP contribution in [0.15, 0.2) is 46.6 Å². The standard InChI is InChI=1S/C21H19ClN4O3S/c1-12-5-4-6-16(22)19(12)28-11-15-8-7-14(29-15)9-17-20(27)26(21(30)23-17)18-10-25(3)24-13(18)2/h4-10H,11H2,1-3H3,(H,23,30)/b17-9+. The Morgan fingerprint density at radius 2 is 2.10 bits per heavy atom. The molecule has 1 aliphatic heterocycles. The summed E-state index contributed by atoms with van der Waals surface area (Å²) in [6.07, 6.45) is 3.37. The third kappa shape index (κ3) is 3.83. The first-order chi connectivity index (χ1) is 14.3. The van der Waals surface area contributed by atoms with Gasteiger partial charge in [-0.25, -0.2) is 4.90 Å². The zero-order valence-corrected chi connectivity index (χ0v) is 18.2. The van der Waals surface area contributed by atoms with Gasteiger partial charge in [-0.05, 0) is 49.8 Å². The van der Waals surface area contributed by atoms with Gasteiger partial charge in [0.05, 0.1) is 16.4 Å². The van der Waals surface area contributed by atoms with E-state index in [2.05, 4.69) is 10.4 Å². The number of hydrogen-bond donors (Lipinski definition) is 1. The molecule has 0 atom stereocenters. The summed E-state index contributed by atoms with van der Waals surface area (Å²) in [5.41, 5.74) is 2.62. The van der Waals surface area contributed by atoms with E-state index in [1.807, 2.05) is 26.0 Å². The van der Waals surface area contributed by atoms with Crippen LogP contribution in [-0.2, 0) is 18.4 Å². The van der Waals surface area contributed by atoms with Crippen LogP contribution in [0.2, 0.25) is 5.02 Å². The summed E-state index contributed by atoms with van der Waals surface area (Å²) in [6.45, 7) is 3.97. The lowest BCUT2D eigenvalue weighted by Gasteiger charge is -2.11. The second-order valence-corrected chi connectivity index (χ2v) is 7.67. The summed E-state index contributed by atoms with van der Waals surface area (Å²) >= 11 is 11.5. The smallest absolute Gasteiger partial charge is 0.281 e. The SMILES string of the molecule is Cc1cccc(Cl)c1OCc1ccc(/C=C2/NC(=S)N(c3cn(C)nc3C)C2=O)o1. The molecular weight excluding hydrogens is 424 g/mol. The Kier molecular flexibility index (Phi) is 5.36. The molecule has 0 aliphatic carbocycles. The molecule has 4 rings (SSSR count). The molecule has 1 saturated heterocycles. The molecule has 0 radical (unpaired) electrons. The van der Waals surface area contributed by atoms with Crippen molar-refractivity contribution >= 4 is 46.6 Å². The van der Waals surface area contributed by atoms with Crippen LogP contribution in [0.5, 0.6) is 5.75 Å². The Hall–Kier alpha value is -3.10. The molecule has 7 nitrogen and oxygen atoms in total. The molecule has 2 aromatic heterocycles. The van der Waals surface area contributed by atoms with Gasteiger partial charge in [-0.3, -0.25) is 9.48 Å². The minimum atomic E-state index is -0.267. The Bertz CT molecular complexity index is 1160. The Morgan fingerprint density at radius 1 is 1.30 bits per heavy atom. The Labute approximate surface area is 183 Å². The predicted molar refractivity (Wildman–Crippen MR) is 118 cm³/mol. The average Bonchev–Trinajstić information content (AvgIpc) is 3.33. The summed E-state index contributed by atoms with van der Waals surface area (Å²) in [6, 6.07) is 9.13. The maximum Gasteiger partial charge on any atom is 0.281 e. The topological polar surface area (TPSA) is 72.5 Å². The van der Waals surface area contributed by atoms with Crippen LogP contribution in [0.1, 0.15) is 22.8 Å². The highest BCUT2D eigenvalue weighted by Crippen LogP contribution is 2.29. The molecule has 1 fully saturated rings. The van der Waals surface area contributed by atoms with Gasteiger partial charge in [-0.2, -0.15) is 5.10 Å². The third-order valence-corrected chi connectivity index (χ3v) is 5.18. The summed E-state index contributed by atoms with van der Waals surface area (Å²) in [4.78, 5) is 14.3. The number of benzene rings is 1. The number of carbonyl (C=O) groups is 1. The number of ether oxygens (including phenoxy) is 1. The summed E-state index contributed by atoms with van der Waals surface area (Å²) in [7, 11) is 1.79. The van der Waals surface area contributed by atoms with E-state index in [0.717, 1.165) is 5.56 Å². The van der Waals surface area contributed by atoms with Crippen molar-refractivity contribution in [2.24, 2.45) is 7.05 Å².